The minimum Gasteiger partial charge on any atom is -0.455 e. The predicted octanol–water partition coefficient (Wildman–Crippen LogP) is 13.2. The lowest BCUT2D eigenvalue weighted by Crippen LogP contribution is -2.10. The highest BCUT2D eigenvalue weighted by atomic mass is 16.3. The molecular formula is C46H31NO. The third kappa shape index (κ3) is 4.83. The molecule has 0 aliphatic rings. The Kier molecular flexibility index (Phi) is 6.84. The van der Waals surface area contributed by atoms with Crippen LogP contribution in [0.5, 0.6) is 0 Å². The third-order valence-corrected chi connectivity index (χ3v) is 9.23. The van der Waals surface area contributed by atoms with E-state index in [9.17, 15) is 0 Å². The molecule has 0 aliphatic carbocycles. The molecule has 0 fully saturated rings. The predicted molar refractivity (Wildman–Crippen MR) is 202 cm³/mol. The minimum absolute atomic E-state index is 0.890. The number of furan rings is 1. The third-order valence-electron chi connectivity index (χ3n) is 9.23. The molecule has 9 aromatic rings. The molecule has 0 spiro atoms. The van der Waals surface area contributed by atoms with Gasteiger partial charge in [0, 0.05) is 33.1 Å². The molecule has 9 rings (SSSR count). The summed E-state index contributed by atoms with van der Waals surface area (Å²) in [7, 11) is 0. The van der Waals surface area contributed by atoms with Gasteiger partial charge in [0.05, 0.1) is 5.69 Å². The van der Waals surface area contributed by atoms with E-state index in [4.69, 9.17) is 4.42 Å². The maximum atomic E-state index is 6.63. The average Bonchev–Trinajstić information content (AvgIpc) is 3.56. The largest absolute Gasteiger partial charge is 0.455 e. The fourth-order valence-corrected chi connectivity index (χ4v) is 7.02. The summed E-state index contributed by atoms with van der Waals surface area (Å²) >= 11 is 0. The van der Waals surface area contributed by atoms with Crippen LogP contribution < -0.4 is 4.90 Å². The lowest BCUT2D eigenvalue weighted by molar-refractivity contribution is 0.670. The van der Waals surface area contributed by atoms with Gasteiger partial charge in [0.2, 0.25) is 0 Å². The molecule has 0 N–H and O–H groups in total. The Morgan fingerprint density at radius 1 is 0.354 bits per heavy atom. The maximum Gasteiger partial charge on any atom is 0.143 e. The van der Waals surface area contributed by atoms with E-state index in [1.807, 2.05) is 6.07 Å². The van der Waals surface area contributed by atoms with Crippen molar-refractivity contribution >= 4 is 49.8 Å². The summed E-state index contributed by atoms with van der Waals surface area (Å²) < 4.78 is 6.63. The molecule has 0 unspecified atom stereocenters. The summed E-state index contributed by atoms with van der Waals surface area (Å²) in [5.41, 5.74) is 12.1. The van der Waals surface area contributed by atoms with Gasteiger partial charge in [-0.3, -0.25) is 0 Å². The molecule has 0 atom stereocenters. The van der Waals surface area contributed by atoms with Crippen molar-refractivity contribution in [2.75, 3.05) is 4.90 Å². The van der Waals surface area contributed by atoms with E-state index in [2.05, 4.69) is 187 Å². The number of nitrogens with zero attached hydrogens (tertiary/aromatic N) is 1. The molecule has 8 aromatic carbocycles. The van der Waals surface area contributed by atoms with Gasteiger partial charge in [0.25, 0.3) is 0 Å². The van der Waals surface area contributed by atoms with Crippen molar-refractivity contribution in [2.24, 2.45) is 0 Å². The molecule has 0 radical (unpaired) electrons. The van der Waals surface area contributed by atoms with Crippen LogP contribution in [0.1, 0.15) is 0 Å². The Morgan fingerprint density at radius 2 is 0.917 bits per heavy atom. The van der Waals surface area contributed by atoms with Crippen molar-refractivity contribution in [2.45, 2.75) is 0 Å². The average molecular weight is 614 g/mol. The van der Waals surface area contributed by atoms with E-state index >= 15 is 0 Å². The van der Waals surface area contributed by atoms with Crippen LogP contribution in [-0.4, -0.2) is 0 Å². The molecule has 1 heterocycles. The number of benzene rings is 8. The second-order valence-corrected chi connectivity index (χ2v) is 12.1. The van der Waals surface area contributed by atoms with Crippen molar-refractivity contribution in [3.05, 3.63) is 188 Å². The molecule has 0 bridgehead atoms. The molecule has 0 amide bonds. The van der Waals surface area contributed by atoms with Crippen LogP contribution in [0, 0.1) is 0 Å². The molecule has 0 aliphatic heterocycles. The van der Waals surface area contributed by atoms with Gasteiger partial charge >= 0.3 is 0 Å². The van der Waals surface area contributed by atoms with Crippen LogP contribution >= 0.6 is 0 Å². The number of anilines is 3. The number of para-hydroxylation sites is 2. The molecular weight excluding hydrogens is 583 g/mol. The summed E-state index contributed by atoms with van der Waals surface area (Å²) in [4.78, 5) is 2.39. The van der Waals surface area contributed by atoms with Gasteiger partial charge in [-0.1, -0.05) is 140 Å². The van der Waals surface area contributed by atoms with E-state index < -0.39 is 0 Å². The highest BCUT2D eigenvalue weighted by Crippen LogP contribution is 2.45. The van der Waals surface area contributed by atoms with Crippen LogP contribution in [0.3, 0.4) is 0 Å². The second kappa shape index (κ2) is 11.8. The summed E-state index contributed by atoms with van der Waals surface area (Å²) in [6.07, 6.45) is 0. The summed E-state index contributed by atoms with van der Waals surface area (Å²) in [5.74, 6) is 0. The first kappa shape index (κ1) is 27.9. The molecule has 2 heteroatoms. The number of fused-ring (bicyclic) bond motifs is 5. The zero-order chi connectivity index (χ0) is 31.9. The second-order valence-electron chi connectivity index (χ2n) is 12.1. The maximum absolute atomic E-state index is 6.63. The summed E-state index contributed by atoms with van der Waals surface area (Å²) in [6, 6.07) is 66.8. The van der Waals surface area contributed by atoms with Gasteiger partial charge in [0.15, 0.2) is 0 Å². The molecule has 0 saturated carbocycles. The lowest BCUT2D eigenvalue weighted by atomic mass is 9.96. The Balaban J connectivity index is 1.31. The molecule has 226 valence electrons. The Hall–Kier alpha value is -6.38. The normalized spacial score (nSPS) is 11.3. The van der Waals surface area contributed by atoms with E-state index in [0.29, 0.717) is 0 Å². The fraction of sp³-hybridized carbons (Fsp3) is 0. The van der Waals surface area contributed by atoms with Gasteiger partial charge in [-0.05, 0) is 81.7 Å². The smallest absolute Gasteiger partial charge is 0.143 e. The van der Waals surface area contributed by atoms with Crippen molar-refractivity contribution in [1.29, 1.82) is 0 Å². The Labute approximate surface area is 279 Å². The quantitative estimate of drug-likeness (QED) is 0.185. The van der Waals surface area contributed by atoms with E-state index in [1.165, 1.54) is 22.3 Å². The van der Waals surface area contributed by atoms with Crippen molar-refractivity contribution in [3.8, 4) is 33.4 Å². The Morgan fingerprint density at radius 3 is 1.56 bits per heavy atom. The van der Waals surface area contributed by atoms with Gasteiger partial charge in [-0.25, -0.2) is 0 Å². The van der Waals surface area contributed by atoms with Crippen LogP contribution in [0.2, 0.25) is 0 Å². The lowest BCUT2D eigenvalue weighted by Gasteiger charge is -2.28. The van der Waals surface area contributed by atoms with Crippen molar-refractivity contribution in [1.82, 2.24) is 0 Å². The highest BCUT2D eigenvalue weighted by Gasteiger charge is 2.20. The van der Waals surface area contributed by atoms with Crippen molar-refractivity contribution in [3.63, 3.8) is 0 Å². The van der Waals surface area contributed by atoms with Crippen LogP contribution in [0.15, 0.2) is 192 Å². The van der Waals surface area contributed by atoms with Gasteiger partial charge in [-0.15, -0.1) is 0 Å². The SMILES string of the molecule is c1ccc(-c2cc(-c3ccccc3)cc(N(c3ccccc3)c3cccc4c3ccc3oc5c(-c6ccccc6)cccc5c34)c2)cc1. The van der Waals surface area contributed by atoms with Crippen LogP contribution in [0.25, 0.3) is 66.1 Å². The molecule has 2 nitrogen and oxygen atoms in total. The fourth-order valence-electron chi connectivity index (χ4n) is 7.02. The van der Waals surface area contributed by atoms with Crippen molar-refractivity contribution < 1.29 is 4.42 Å². The standard InChI is InChI=1S/C46H31NO/c1-5-15-32(16-6-1)35-29-36(33-17-7-2-8-18-33)31-38(30-35)47(37-21-11-4-12-22-37)43-26-14-24-41-40(43)27-28-44-45(41)42-25-13-23-39(46(42)48-44)34-19-9-3-10-20-34/h1-31H. The number of rotatable bonds is 6. The van der Waals surface area contributed by atoms with E-state index in [0.717, 1.165) is 60.9 Å². The first-order chi connectivity index (χ1) is 23.8. The highest BCUT2D eigenvalue weighted by molar-refractivity contribution is 6.22. The van der Waals surface area contributed by atoms with Gasteiger partial charge in [0.1, 0.15) is 11.2 Å². The first-order valence-electron chi connectivity index (χ1n) is 16.4. The van der Waals surface area contributed by atoms with Crippen LogP contribution in [0.4, 0.5) is 17.1 Å². The summed E-state index contributed by atoms with van der Waals surface area (Å²) in [5, 5.41) is 4.58. The summed E-state index contributed by atoms with van der Waals surface area (Å²) in [6.45, 7) is 0. The molecule has 0 saturated heterocycles. The van der Waals surface area contributed by atoms with Crippen LogP contribution in [-0.2, 0) is 0 Å². The monoisotopic (exact) mass is 613 g/mol. The zero-order valence-electron chi connectivity index (χ0n) is 26.3. The Bertz CT molecular complexity index is 2480. The topological polar surface area (TPSA) is 16.4 Å². The minimum atomic E-state index is 0.890. The number of hydrogen-bond donors (Lipinski definition) is 0. The van der Waals surface area contributed by atoms with E-state index in [-0.39, 0.29) is 0 Å². The van der Waals surface area contributed by atoms with E-state index in [1.54, 1.807) is 0 Å². The van der Waals surface area contributed by atoms with Gasteiger partial charge < -0.3 is 9.32 Å². The number of hydrogen-bond acceptors (Lipinski definition) is 2. The van der Waals surface area contributed by atoms with Gasteiger partial charge in [-0.2, -0.15) is 0 Å². The molecule has 48 heavy (non-hydrogen) atoms. The first-order valence-corrected chi connectivity index (χ1v) is 16.4. The molecule has 1 aromatic heterocycles. The zero-order valence-corrected chi connectivity index (χ0v) is 26.3.